The summed E-state index contributed by atoms with van der Waals surface area (Å²) in [5, 5.41) is 6.70. The number of aryl methyl sites for hydroxylation is 3. The SMILES string of the molecule is CCC(OCNc1ccc(OC)c(NC(=O)C(=Nc2ccc([N+]3(CC)CC3NS(C)(=O)=O)cc2C)c2nc3c(Cl)cc(Cl)cc3c(=O)n2-c2ccccc2)c1)Oc1ccc(C)cc1C. The molecule has 14 nitrogen and oxygen atoms in total. The van der Waals surface area contributed by atoms with Crippen LogP contribution in [0.5, 0.6) is 11.5 Å². The number of fused-ring (bicyclic) bond motifs is 1. The first-order valence-corrected chi connectivity index (χ1v) is 23.3. The summed E-state index contributed by atoms with van der Waals surface area (Å²) in [5.41, 5.74) is 4.79. The van der Waals surface area contributed by atoms with E-state index in [9.17, 15) is 18.0 Å². The molecule has 0 radical (unpaired) electrons. The Kier molecular flexibility index (Phi) is 13.8. The van der Waals surface area contributed by atoms with Gasteiger partial charge in [0, 0.05) is 29.3 Å². The molecule has 17 heteroatoms. The first-order chi connectivity index (χ1) is 30.5. The number of carbonyl (C=O) groups is 1. The van der Waals surface area contributed by atoms with E-state index >= 15 is 0 Å². The Bertz CT molecular complexity index is 2950. The number of aromatic nitrogens is 2. The minimum absolute atomic E-state index is 0.0867. The molecule has 0 spiro atoms. The van der Waals surface area contributed by atoms with Crippen molar-refractivity contribution in [1.82, 2.24) is 18.8 Å². The molecule has 334 valence electrons. The monoisotopic (exact) mass is 926 g/mol. The third-order valence-corrected chi connectivity index (χ3v) is 12.3. The predicted molar refractivity (Wildman–Crippen MR) is 256 cm³/mol. The molecular weight excluding hydrogens is 878 g/mol. The van der Waals surface area contributed by atoms with Crippen molar-refractivity contribution in [3.05, 3.63) is 140 Å². The number of ether oxygens (including phenoxy) is 3. The quantitative estimate of drug-likeness (QED) is 0.0351. The highest BCUT2D eigenvalue weighted by atomic mass is 35.5. The Morgan fingerprint density at radius 3 is 2.38 bits per heavy atom. The number of benzene rings is 5. The zero-order chi connectivity index (χ0) is 45.9. The molecule has 5 aromatic carbocycles. The van der Waals surface area contributed by atoms with Crippen LogP contribution in [0.4, 0.5) is 22.7 Å². The molecule has 0 aliphatic carbocycles. The number of hydrogen-bond acceptors (Lipinski definition) is 10. The van der Waals surface area contributed by atoms with Gasteiger partial charge in [0.25, 0.3) is 11.5 Å². The smallest absolute Gasteiger partial charge is 0.278 e. The van der Waals surface area contributed by atoms with Gasteiger partial charge in [0.1, 0.15) is 23.9 Å². The number of methoxy groups -OCH3 is 1. The van der Waals surface area contributed by atoms with Crippen molar-refractivity contribution in [2.24, 2.45) is 4.99 Å². The van der Waals surface area contributed by atoms with Crippen LogP contribution in [-0.4, -0.2) is 75.2 Å². The first-order valence-electron chi connectivity index (χ1n) is 20.6. The first kappa shape index (κ1) is 46.2. The largest absolute Gasteiger partial charge is 0.495 e. The van der Waals surface area contributed by atoms with Gasteiger partial charge in [-0.05, 0) is 93.4 Å². The molecule has 64 heavy (non-hydrogen) atoms. The van der Waals surface area contributed by atoms with Crippen molar-refractivity contribution >= 4 is 78.5 Å². The van der Waals surface area contributed by atoms with Crippen molar-refractivity contribution in [2.75, 3.05) is 43.8 Å². The lowest BCUT2D eigenvalue weighted by atomic mass is 10.1. The second-order valence-corrected chi connectivity index (χ2v) is 18.3. The molecule has 1 aromatic heterocycles. The summed E-state index contributed by atoms with van der Waals surface area (Å²) in [5.74, 6) is 0.274. The molecule has 6 aromatic rings. The van der Waals surface area contributed by atoms with Crippen LogP contribution in [0.1, 0.15) is 42.8 Å². The summed E-state index contributed by atoms with van der Waals surface area (Å²) >= 11 is 13.1. The predicted octanol–water partition coefficient (Wildman–Crippen LogP) is 8.80. The number of halogens is 2. The Hall–Kier alpha value is -5.81. The number of nitrogens with one attached hydrogen (secondary N) is 3. The number of carbonyl (C=O) groups excluding carboxylic acids is 1. The Labute approximate surface area is 382 Å². The van der Waals surface area contributed by atoms with Gasteiger partial charge in [0.05, 0.1) is 52.9 Å². The van der Waals surface area contributed by atoms with E-state index in [2.05, 4.69) is 21.4 Å². The number of nitrogens with zero attached hydrogens (tertiary/aromatic N) is 4. The van der Waals surface area contributed by atoms with Crippen LogP contribution in [-0.2, 0) is 19.6 Å². The van der Waals surface area contributed by atoms with Gasteiger partial charge in [0.15, 0.2) is 18.1 Å². The topological polar surface area (TPSA) is 162 Å². The second kappa shape index (κ2) is 19.1. The van der Waals surface area contributed by atoms with E-state index in [0.717, 1.165) is 28.8 Å². The molecule has 1 aliphatic rings. The van der Waals surface area contributed by atoms with Crippen molar-refractivity contribution in [1.29, 1.82) is 0 Å². The highest BCUT2D eigenvalue weighted by molar-refractivity contribution is 7.88. The molecular formula is C47H50Cl2N7O7S+. The van der Waals surface area contributed by atoms with Gasteiger partial charge in [0.2, 0.25) is 22.5 Å². The second-order valence-electron chi connectivity index (χ2n) is 15.6. The van der Waals surface area contributed by atoms with Gasteiger partial charge in [-0.1, -0.05) is 66.0 Å². The molecule has 0 saturated carbocycles. The van der Waals surface area contributed by atoms with E-state index < -0.39 is 27.8 Å². The number of anilines is 2. The normalized spacial score (nSPS) is 16.6. The number of amides is 1. The molecule has 1 fully saturated rings. The maximum absolute atomic E-state index is 15.0. The number of quaternary nitrogens is 1. The maximum Gasteiger partial charge on any atom is 0.278 e. The van der Waals surface area contributed by atoms with Gasteiger partial charge in [-0.15, -0.1) is 0 Å². The van der Waals surface area contributed by atoms with Gasteiger partial charge < -0.3 is 24.8 Å². The Balaban J connectivity index is 1.28. The fourth-order valence-electron chi connectivity index (χ4n) is 7.64. The Morgan fingerprint density at radius 2 is 1.70 bits per heavy atom. The molecule has 7 rings (SSSR count). The summed E-state index contributed by atoms with van der Waals surface area (Å²) in [6, 6.07) is 28.4. The molecule has 3 atom stereocenters. The minimum Gasteiger partial charge on any atom is -0.495 e. The summed E-state index contributed by atoms with van der Waals surface area (Å²) in [6.07, 6.45) is 0.904. The van der Waals surface area contributed by atoms with Crippen molar-refractivity contribution in [3.63, 3.8) is 0 Å². The summed E-state index contributed by atoms with van der Waals surface area (Å²) in [7, 11) is -1.95. The summed E-state index contributed by atoms with van der Waals surface area (Å²) in [6.45, 7) is 11.1. The third kappa shape index (κ3) is 10.1. The van der Waals surface area contributed by atoms with Gasteiger partial charge in [-0.3, -0.25) is 18.6 Å². The Morgan fingerprint density at radius 1 is 0.953 bits per heavy atom. The lowest BCUT2D eigenvalue weighted by Gasteiger charge is -2.21. The minimum atomic E-state index is -3.44. The van der Waals surface area contributed by atoms with Gasteiger partial charge in [-0.2, -0.15) is 4.72 Å². The zero-order valence-corrected chi connectivity index (χ0v) is 38.9. The number of likely N-dealkylation sites (N-methyl/N-ethyl adjacent to an activating group) is 1. The summed E-state index contributed by atoms with van der Waals surface area (Å²) < 4.78 is 46.6. The molecule has 3 unspecified atom stereocenters. The van der Waals surface area contributed by atoms with E-state index in [1.54, 1.807) is 54.6 Å². The molecule has 1 saturated heterocycles. The maximum atomic E-state index is 15.0. The van der Waals surface area contributed by atoms with Crippen molar-refractivity contribution < 1.29 is 27.4 Å². The number of hydrogen-bond donors (Lipinski definition) is 3. The fourth-order valence-corrected chi connectivity index (χ4v) is 8.95. The van der Waals surface area contributed by atoms with Crippen LogP contribution in [0.2, 0.25) is 10.0 Å². The van der Waals surface area contributed by atoms with Gasteiger partial charge in [-0.25, -0.2) is 18.4 Å². The molecule has 1 amide bonds. The molecule has 1 aliphatic heterocycles. The fraction of sp³-hybridized carbons (Fsp3) is 0.277. The van der Waals surface area contributed by atoms with E-state index in [1.165, 1.54) is 23.8 Å². The summed E-state index contributed by atoms with van der Waals surface area (Å²) in [4.78, 5) is 39.3. The van der Waals surface area contributed by atoms with Crippen LogP contribution >= 0.6 is 23.2 Å². The molecule has 2 heterocycles. The average Bonchev–Trinajstić information content (AvgIpc) is 3.96. The van der Waals surface area contributed by atoms with Crippen molar-refractivity contribution in [3.8, 4) is 17.2 Å². The van der Waals surface area contributed by atoms with Crippen LogP contribution < -0.4 is 34.9 Å². The van der Waals surface area contributed by atoms with Crippen LogP contribution in [0, 0.1) is 20.8 Å². The van der Waals surface area contributed by atoms with Crippen LogP contribution in [0.15, 0.2) is 107 Å². The lowest BCUT2D eigenvalue weighted by Crippen LogP contribution is -2.38. The number of sulfonamides is 1. The van der Waals surface area contributed by atoms with Gasteiger partial charge >= 0.3 is 0 Å². The highest BCUT2D eigenvalue weighted by Crippen LogP contribution is 2.40. The van der Waals surface area contributed by atoms with Crippen molar-refractivity contribution in [2.45, 2.75) is 53.5 Å². The van der Waals surface area contributed by atoms with E-state index in [-0.39, 0.29) is 51.1 Å². The van der Waals surface area contributed by atoms with E-state index in [4.69, 9.17) is 47.4 Å². The van der Waals surface area contributed by atoms with E-state index in [0.29, 0.717) is 52.4 Å². The molecule has 0 bridgehead atoms. The zero-order valence-electron chi connectivity index (χ0n) is 36.5. The molecule has 3 N–H and O–H groups in total. The van der Waals surface area contributed by atoms with E-state index in [1.807, 2.05) is 58.9 Å². The van der Waals surface area contributed by atoms with Crippen LogP contribution in [0.3, 0.4) is 0 Å². The van der Waals surface area contributed by atoms with Crippen LogP contribution in [0.25, 0.3) is 16.6 Å². The number of rotatable bonds is 17. The average molecular weight is 928 g/mol. The number of aliphatic imine (C=N–C) groups is 1. The number of para-hydroxylation sites is 1. The third-order valence-electron chi connectivity index (χ3n) is 11.1. The standard InChI is InChI=1S/C47H49Cl2N7O7S/c1-8-42(63-39-19-15-28(3)21-30(39)5)62-27-50-32-16-20-40(61-6)38(25-32)52-46(57)44(51-37-18-17-34(22-29(37)4)56(9-2)26-41(56)54-64(7,59)60)45-53-43-35(23-31(48)24-36(43)49)47(58)55(45)33-13-11-10-12-14-33/h10-25,41-42,50,54H,8-9,26-27H2,1-7H3/p+1. The highest BCUT2D eigenvalue weighted by Gasteiger charge is 2.57. The lowest BCUT2D eigenvalue weighted by molar-refractivity contribution is -0.110.